The van der Waals surface area contributed by atoms with Gasteiger partial charge in [-0.2, -0.15) is 9.78 Å². The smallest absolute Gasteiger partial charge is 0.210 e. The molecule has 35 heavy (non-hydrogen) atoms. The van der Waals surface area contributed by atoms with Crippen LogP contribution in [-0.2, 0) is 14.5 Å². The third-order valence-electron chi connectivity index (χ3n) is 9.55. The van der Waals surface area contributed by atoms with Crippen molar-refractivity contribution in [3.05, 3.63) is 29.8 Å². The summed E-state index contributed by atoms with van der Waals surface area (Å²) < 4.78 is 12.8. The minimum atomic E-state index is -0.552. The second-order valence-electron chi connectivity index (χ2n) is 11.7. The van der Waals surface area contributed by atoms with Gasteiger partial charge in [0.05, 0.1) is 13.2 Å². The Morgan fingerprint density at radius 1 is 0.829 bits per heavy atom. The van der Waals surface area contributed by atoms with Gasteiger partial charge in [0.2, 0.25) is 11.6 Å². The molecule has 7 nitrogen and oxygen atoms in total. The summed E-state index contributed by atoms with van der Waals surface area (Å²) in [5.74, 6) is 3.14. The highest BCUT2D eigenvalue weighted by molar-refractivity contribution is 5.30. The molecule has 0 unspecified atom stereocenters. The minimum Gasteiger partial charge on any atom is -0.492 e. The maximum atomic E-state index is 9.13. The van der Waals surface area contributed by atoms with E-state index in [4.69, 9.17) is 29.5 Å². The predicted octanol–water partition coefficient (Wildman–Crippen LogP) is 3.84. The van der Waals surface area contributed by atoms with Gasteiger partial charge in [0.15, 0.2) is 0 Å². The van der Waals surface area contributed by atoms with Crippen LogP contribution >= 0.6 is 0 Å². The van der Waals surface area contributed by atoms with Crippen molar-refractivity contribution in [1.29, 1.82) is 0 Å². The molecule has 0 aromatic heterocycles. The predicted molar refractivity (Wildman–Crippen MR) is 130 cm³/mol. The van der Waals surface area contributed by atoms with E-state index >= 15 is 0 Å². The van der Waals surface area contributed by atoms with E-state index < -0.39 is 11.6 Å². The lowest BCUT2D eigenvalue weighted by Crippen LogP contribution is -2.59. The van der Waals surface area contributed by atoms with Crippen molar-refractivity contribution in [2.75, 3.05) is 39.5 Å². The van der Waals surface area contributed by atoms with Gasteiger partial charge in [-0.3, -0.25) is 4.90 Å². The zero-order valence-electron chi connectivity index (χ0n) is 20.8. The van der Waals surface area contributed by atoms with Crippen molar-refractivity contribution in [1.82, 2.24) is 4.90 Å². The van der Waals surface area contributed by atoms with Crippen LogP contribution in [0.25, 0.3) is 0 Å². The number of aliphatic hydroxyl groups excluding tert-OH is 2. The molecule has 0 radical (unpaired) electrons. The van der Waals surface area contributed by atoms with Gasteiger partial charge in [0.25, 0.3) is 0 Å². The first-order chi connectivity index (χ1) is 17.1. The fourth-order valence-electron chi connectivity index (χ4n) is 7.93. The first-order valence-electron chi connectivity index (χ1n) is 13.9. The maximum Gasteiger partial charge on any atom is 0.210 e. The Balaban J connectivity index is 1.01. The standard InChI is InChI=1S/C28H41NO6/c30-12-9-29(10-13-31)11-14-32-26-3-1-22(2-4-26)23-5-7-27(8-6-23)33-28(35-34-27)24-16-20-15-21(18-24)19-25(28)17-20/h1-4,20-21,23-25,30-31H,5-19H2/t20?,21?,23-,24?,25?,27+,28-. The number of rotatable bonds is 9. The average Bonchev–Trinajstić information content (AvgIpc) is 3.23. The summed E-state index contributed by atoms with van der Waals surface area (Å²) in [7, 11) is 0. The van der Waals surface area contributed by atoms with Gasteiger partial charge in [0.1, 0.15) is 12.4 Å². The largest absolute Gasteiger partial charge is 0.492 e. The maximum absolute atomic E-state index is 9.13. The molecule has 5 saturated carbocycles. The molecule has 7 rings (SSSR count). The van der Waals surface area contributed by atoms with E-state index in [9.17, 15) is 0 Å². The van der Waals surface area contributed by atoms with Crippen LogP contribution in [0.2, 0.25) is 0 Å². The third kappa shape index (κ3) is 4.64. The van der Waals surface area contributed by atoms with Crippen molar-refractivity contribution in [2.24, 2.45) is 23.7 Å². The number of hydrogen-bond acceptors (Lipinski definition) is 7. The molecule has 7 heteroatoms. The molecule has 194 valence electrons. The summed E-state index contributed by atoms with van der Waals surface area (Å²) in [6, 6.07) is 8.47. The van der Waals surface area contributed by atoms with E-state index in [0.29, 0.717) is 44.0 Å². The van der Waals surface area contributed by atoms with Crippen molar-refractivity contribution >= 4 is 0 Å². The van der Waals surface area contributed by atoms with Gasteiger partial charge in [0, 0.05) is 44.3 Å². The lowest BCUT2D eigenvalue weighted by Gasteiger charge is -2.57. The zero-order chi connectivity index (χ0) is 23.9. The lowest BCUT2D eigenvalue weighted by atomic mass is 9.53. The van der Waals surface area contributed by atoms with Crippen molar-refractivity contribution in [2.45, 2.75) is 75.3 Å². The van der Waals surface area contributed by atoms with Crippen molar-refractivity contribution < 1.29 is 29.5 Å². The Morgan fingerprint density at radius 2 is 1.46 bits per heavy atom. The number of benzene rings is 1. The SMILES string of the molecule is OCCN(CCO)CCOc1ccc([C@H]2CC[C@]3(CC2)OO[C@]2(O3)C3CC4CC(C3)CC2C4)cc1. The second-order valence-corrected chi connectivity index (χ2v) is 11.7. The topological polar surface area (TPSA) is 80.6 Å². The summed E-state index contributed by atoms with van der Waals surface area (Å²) in [4.78, 5) is 14.3. The lowest BCUT2D eigenvalue weighted by molar-refractivity contribution is -0.390. The third-order valence-corrected chi connectivity index (χ3v) is 9.55. The quantitative estimate of drug-likeness (QED) is 0.513. The molecule has 6 fully saturated rings. The highest BCUT2D eigenvalue weighted by atomic mass is 17.3. The molecular formula is C28H41NO6. The fraction of sp³-hybridized carbons (Fsp3) is 0.786. The van der Waals surface area contributed by atoms with Crippen LogP contribution in [0.1, 0.15) is 69.3 Å². The monoisotopic (exact) mass is 487 g/mol. The minimum absolute atomic E-state index is 0.0860. The van der Waals surface area contributed by atoms with Crippen LogP contribution in [0.4, 0.5) is 0 Å². The van der Waals surface area contributed by atoms with Gasteiger partial charge >= 0.3 is 0 Å². The molecule has 1 aromatic rings. The molecule has 5 aliphatic carbocycles. The highest BCUT2D eigenvalue weighted by Gasteiger charge is 2.66. The number of aliphatic hydroxyl groups is 2. The van der Waals surface area contributed by atoms with E-state index in [1.54, 1.807) is 0 Å². The highest BCUT2D eigenvalue weighted by Crippen LogP contribution is 2.64. The van der Waals surface area contributed by atoms with Gasteiger partial charge in [-0.1, -0.05) is 12.1 Å². The van der Waals surface area contributed by atoms with Gasteiger partial charge < -0.3 is 19.7 Å². The second kappa shape index (κ2) is 9.92. The van der Waals surface area contributed by atoms with Gasteiger partial charge in [-0.25, -0.2) is 0 Å². The first kappa shape index (κ1) is 24.1. The van der Waals surface area contributed by atoms with Crippen LogP contribution in [-0.4, -0.2) is 66.1 Å². The van der Waals surface area contributed by atoms with Crippen molar-refractivity contribution in [3.8, 4) is 5.75 Å². The fourth-order valence-corrected chi connectivity index (χ4v) is 7.93. The van der Waals surface area contributed by atoms with Crippen LogP contribution in [0.5, 0.6) is 5.75 Å². The molecule has 0 amide bonds. The molecule has 1 saturated heterocycles. The zero-order valence-corrected chi connectivity index (χ0v) is 20.8. The molecular weight excluding hydrogens is 446 g/mol. The Labute approximate surface area is 208 Å². The van der Waals surface area contributed by atoms with E-state index in [1.165, 1.54) is 37.7 Å². The van der Waals surface area contributed by atoms with E-state index in [1.807, 2.05) is 4.90 Å². The normalized spacial score (nSPS) is 39.8. The average molecular weight is 488 g/mol. The van der Waals surface area contributed by atoms with Crippen LogP contribution < -0.4 is 4.74 Å². The van der Waals surface area contributed by atoms with E-state index in [2.05, 4.69) is 24.3 Å². The molecule has 1 aromatic carbocycles. The Kier molecular flexibility index (Phi) is 6.84. The Bertz CT molecular complexity index is 818. The van der Waals surface area contributed by atoms with Gasteiger partial charge in [-0.15, -0.1) is 0 Å². The first-order valence-corrected chi connectivity index (χ1v) is 13.9. The number of ether oxygens (including phenoxy) is 2. The molecule has 0 atom stereocenters. The Hall–Kier alpha value is -1.22. The summed E-state index contributed by atoms with van der Waals surface area (Å²) in [6.45, 7) is 2.48. The molecule has 1 aliphatic heterocycles. The molecule has 6 aliphatic rings. The van der Waals surface area contributed by atoms with Crippen molar-refractivity contribution in [3.63, 3.8) is 0 Å². The summed E-state index contributed by atoms with van der Waals surface area (Å²) >= 11 is 0. The van der Waals surface area contributed by atoms with E-state index in [0.717, 1.165) is 43.3 Å². The molecule has 2 N–H and O–H groups in total. The summed E-state index contributed by atoms with van der Waals surface area (Å²) in [5, 5.41) is 18.3. The van der Waals surface area contributed by atoms with Crippen LogP contribution in [0.3, 0.4) is 0 Å². The molecule has 2 spiro atoms. The van der Waals surface area contributed by atoms with Crippen LogP contribution in [0, 0.1) is 23.7 Å². The van der Waals surface area contributed by atoms with Gasteiger partial charge in [-0.05, 0) is 80.4 Å². The molecule has 4 bridgehead atoms. The number of hydrogen-bond donors (Lipinski definition) is 2. The Morgan fingerprint density at radius 3 is 2.06 bits per heavy atom. The number of nitrogens with zero attached hydrogens (tertiary/aromatic N) is 1. The summed E-state index contributed by atoms with van der Waals surface area (Å²) in [6.07, 6.45) is 10.3. The van der Waals surface area contributed by atoms with E-state index in [-0.39, 0.29) is 13.2 Å². The molecule has 1 heterocycles. The summed E-state index contributed by atoms with van der Waals surface area (Å²) in [5.41, 5.74) is 1.35. The van der Waals surface area contributed by atoms with Crippen LogP contribution in [0.15, 0.2) is 24.3 Å².